The Labute approximate surface area is 114 Å². The van der Waals surface area contributed by atoms with Crippen molar-refractivity contribution in [3.05, 3.63) is 65.0 Å². The van der Waals surface area contributed by atoms with Gasteiger partial charge in [0.1, 0.15) is 6.07 Å². The van der Waals surface area contributed by atoms with Gasteiger partial charge in [-0.05, 0) is 18.9 Å². The Morgan fingerprint density at radius 2 is 2.05 bits per heavy atom. The first kappa shape index (κ1) is 14.4. The van der Waals surface area contributed by atoms with Crippen molar-refractivity contribution in [2.45, 2.75) is 13.3 Å². The Bertz CT molecular complexity index is 588. The molecule has 0 saturated carbocycles. The zero-order valence-electron chi connectivity index (χ0n) is 10.8. The fourth-order valence-corrected chi connectivity index (χ4v) is 1.60. The lowest BCUT2D eigenvalue weighted by Gasteiger charge is -2.03. The van der Waals surface area contributed by atoms with E-state index in [1.54, 1.807) is 6.92 Å². The summed E-state index contributed by atoms with van der Waals surface area (Å²) in [5.74, 6) is 2.42. The summed E-state index contributed by atoms with van der Waals surface area (Å²) in [5, 5.41) is 18.6. The third-order valence-corrected chi connectivity index (χ3v) is 2.54. The van der Waals surface area contributed by atoms with E-state index in [4.69, 9.17) is 11.7 Å². The van der Waals surface area contributed by atoms with Gasteiger partial charge in [0.25, 0.3) is 0 Å². The molecule has 2 nitrogen and oxygen atoms in total. The number of aliphatic hydroxyl groups is 1. The number of rotatable bonds is 4. The first-order valence-corrected chi connectivity index (χ1v) is 5.86. The molecular weight excluding hydrogens is 234 g/mol. The number of aliphatic hydroxyl groups excluding tert-OH is 1. The molecular formula is C17H15NO. The molecule has 0 radical (unpaired) electrons. The van der Waals surface area contributed by atoms with Gasteiger partial charge in [0.05, 0.1) is 11.3 Å². The molecule has 0 fully saturated rings. The standard InChI is InChI=1S/C17H15NO/c1-3-8-16(13-18)17(14(2)19)12-7-11-15-9-5-4-6-10-15/h1,4-11,19H,12H2,2H3/b11-7+,16-8-,17-14+. The molecule has 0 aliphatic heterocycles. The molecule has 1 N–H and O–H groups in total. The van der Waals surface area contributed by atoms with Crippen LogP contribution in [0.4, 0.5) is 0 Å². The number of benzene rings is 1. The molecule has 1 rings (SSSR count). The van der Waals surface area contributed by atoms with Gasteiger partial charge in [0, 0.05) is 11.6 Å². The minimum absolute atomic E-state index is 0.112. The summed E-state index contributed by atoms with van der Waals surface area (Å²) in [4.78, 5) is 0. The van der Waals surface area contributed by atoms with Gasteiger partial charge in [0.15, 0.2) is 0 Å². The molecule has 2 heteroatoms. The van der Waals surface area contributed by atoms with Crippen molar-refractivity contribution in [1.82, 2.24) is 0 Å². The molecule has 0 aliphatic rings. The van der Waals surface area contributed by atoms with Crippen molar-refractivity contribution in [3.63, 3.8) is 0 Å². The van der Waals surface area contributed by atoms with Crippen molar-refractivity contribution < 1.29 is 5.11 Å². The summed E-state index contributed by atoms with van der Waals surface area (Å²) in [6, 6.07) is 11.8. The van der Waals surface area contributed by atoms with Gasteiger partial charge in [-0.2, -0.15) is 5.26 Å². The maximum atomic E-state index is 9.62. The van der Waals surface area contributed by atoms with Gasteiger partial charge in [-0.15, -0.1) is 6.42 Å². The zero-order valence-corrected chi connectivity index (χ0v) is 10.8. The third-order valence-electron chi connectivity index (χ3n) is 2.54. The van der Waals surface area contributed by atoms with Crippen molar-refractivity contribution in [1.29, 1.82) is 5.26 Å². The van der Waals surface area contributed by atoms with Crippen LogP contribution in [-0.2, 0) is 0 Å². The van der Waals surface area contributed by atoms with Crippen molar-refractivity contribution in [2.24, 2.45) is 0 Å². The quantitative estimate of drug-likeness (QED) is 0.379. The minimum Gasteiger partial charge on any atom is -0.512 e. The second-order valence-corrected chi connectivity index (χ2v) is 3.92. The van der Waals surface area contributed by atoms with Crippen LogP contribution in [0.25, 0.3) is 6.08 Å². The summed E-state index contributed by atoms with van der Waals surface area (Å²) in [7, 11) is 0. The maximum Gasteiger partial charge on any atom is 0.100 e. The van der Waals surface area contributed by atoms with E-state index < -0.39 is 0 Å². The average molecular weight is 249 g/mol. The third kappa shape index (κ3) is 4.58. The van der Waals surface area contributed by atoms with Crippen molar-refractivity contribution >= 4 is 6.08 Å². The molecule has 0 amide bonds. The van der Waals surface area contributed by atoms with Gasteiger partial charge in [-0.3, -0.25) is 0 Å². The maximum absolute atomic E-state index is 9.62. The fourth-order valence-electron chi connectivity index (χ4n) is 1.60. The highest BCUT2D eigenvalue weighted by Crippen LogP contribution is 2.18. The average Bonchev–Trinajstić information content (AvgIpc) is 2.42. The molecule has 0 spiro atoms. The molecule has 0 atom stereocenters. The van der Waals surface area contributed by atoms with Crippen LogP contribution >= 0.6 is 0 Å². The molecule has 0 aliphatic carbocycles. The van der Waals surface area contributed by atoms with Crippen molar-refractivity contribution in [3.8, 4) is 18.4 Å². The monoisotopic (exact) mass is 249 g/mol. The van der Waals surface area contributed by atoms with Crippen LogP contribution < -0.4 is 0 Å². The van der Waals surface area contributed by atoms with Crippen LogP contribution in [0.2, 0.25) is 0 Å². The lowest BCUT2D eigenvalue weighted by atomic mass is 10.0. The number of hydrogen-bond acceptors (Lipinski definition) is 2. The van der Waals surface area contributed by atoms with E-state index in [0.717, 1.165) is 5.56 Å². The Hall–Kier alpha value is -2.71. The van der Waals surface area contributed by atoms with E-state index in [2.05, 4.69) is 5.92 Å². The van der Waals surface area contributed by atoms with Crippen LogP contribution in [0.1, 0.15) is 18.9 Å². The summed E-state index contributed by atoms with van der Waals surface area (Å²) < 4.78 is 0. The number of nitriles is 1. The van der Waals surface area contributed by atoms with Gasteiger partial charge in [-0.1, -0.05) is 48.4 Å². The van der Waals surface area contributed by atoms with Gasteiger partial charge in [0.2, 0.25) is 0 Å². The lowest BCUT2D eigenvalue weighted by Crippen LogP contribution is -1.91. The van der Waals surface area contributed by atoms with E-state index in [1.165, 1.54) is 6.08 Å². The molecule has 0 saturated heterocycles. The fraction of sp³-hybridized carbons (Fsp3) is 0.118. The highest BCUT2D eigenvalue weighted by molar-refractivity contribution is 5.52. The first-order valence-electron chi connectivity index (χ1n) is 5.86. The van der Waals surface area contributed by atoms with Crippen LogP contribution in [0.3, 0.4) is 0 Å². The Morgan fingerprint density at radius 3 is 2.58 bits per heavy atom. The van der Waals surface area contributed by atoms with Crippen LogP contribution in [0.5, 0.6) is 0 Å². The second kappa shape index (κ2) is 7.58. The molecule has 94 valence electrons. The van der Waals surface area contributed by atoms with E-state index in [9.17, 15) is 5.11 Å². The van der Waals surface area contributed by atoms with Gasteiger partial charge < -0.3 is 5.11 Å². The Morgan fingerprint density at radius 1 is 1.37 bits per heavy atom. The van der Waals surface area contributed by atoms with Gasteiger partial charge >= 0.3 is 0 Å². The van der Waals surface area contributed by atoms with Crippen molar-refractivity contribution in [2.75, 3.05) is 0 Å². The summed E-state index contributed by atoms with van der Waals surface area (Å²) in [5.41, 5.74) is 1.93. The van der Waals surface area contributed by atoms with Gasteiger partial charge in [-0.25, -0.2) is 0 Å². The highest BCUT2D eigenvalue weighted by atomic mass is 16.3. The topological polar surface area (TPSA) is 44.0 Å². The SMILES string of the molecule is C#C/C=C(C#N)\C(C/C=C/c1ccccc1)=C(/C)O. The number of nitrogens with zero attached hydrogens (tertiary/aromatic N) is 1. The summed E-state index contributed by atoms with van der Waals surface area (Å²) >= 11 is 0. The predicted molar refractivity (Wildman–Crippen MR) is 78.0 cm³/mol. The van der Waals surface area contributed by atoms with E-state index in [0.29, 0.717) is 17.6 Å². The predicted octanol–water partition coefficient (Wildman–Crippen LogP) is 4.01. The number of terminal acetylenes is 1. The largest absolute Gasteiger partial charge is 0.512 e. The Balaban J connectivity index is 2.87. The summed E-state index contributed by atoms with van der Waals surface area (Å²) in [6.07, 6.45) is 10.8. The first-order chi connectivity index (χ1) is 9.19. The molecule has 19 heavy (non-hydrogen) atoms. The molecule has 0 unspecified atom stereocenters. The normalized spacial score (nSPS) is 12.7. The molecule has 0 aromatic heterocycles. The van der Waals surface area contributed by atoms with Crippen LogP contribution in [0, 0.1) is 23.7 Å². The van der Waals surface area contributed by atoms with Crippen LogP contribution in [-0.4, -0.2) is 5.11 Å². The van der Waals surface area contributed by atoms with E-state index >= 15 is 0 Å². The second-order valence-electron chi connectivity index (χ2n) is 3.92. The Kier molecular flexibility index (Phi) is 5.73. The molecule has 0 heterocycles. The number of allylic oxidation sites excluding steroid dienone is 5. The highest BCUT2D eigenvalue weighted by Gasteiger charge is 2.06. The molecule has 1 aromatic carbocycles. The molecule has 1 aromatic rings. The number of hydrogen-bond donors (Lipinski definition) is 1. The zero-order chi connectivity index (χ0) is 14.1. The van der Waals surface area contributed by atoms with E-state index in [-0.39, 0.29) is 5.76 Å². The van der Waals surface area contributed by atoms with Crippen LogP contribution in [0.15, 0.2) is 59.4 Å². The summed E-state index contributed by atoms with van der Waals surface area (Å²) in [6.45, 7) is 1.55. The minimum atomic E-state index is 0.112. The lowest BCUT2D eigenvalue weighted by molar-refractivity contribution is 0.407. The smallest absolute Gasteiger partial charge is 0.100 e. The molecule has 0 bridgehead atoms. The van der Waals surface area contributed by atoms with E-state index in [1.807, 2.05) is 48.6 Å².